The summed E-state index contributed by atoms with van der Waals surface area (Å²) in [5.74, 6) is -0.0475. The van der Waals surface area contributed by atoms with Gasteiger partial charge >= 0.3 is 17.3 Å². The maximum atomic E-state index is 12.8. The molecular formula is C59H96N10O7. The number of hydrogen-bond acceptors (Lipinski definition) is 10. The third-order valence-electron chi connectivity index (χ3n) is 14.7. The number of rotatable bonds is 37. The van der Waals surface area contributed by atoms with Gasteiger partial charge in [0.05, 0.1) is 12.7 Å². The Morgan fingerprint density at radius 1 is 0.605 bits per heavy atom. The Morgan fingerprint density at radius 3 is 1.53 bits per heavy atom. The summed E-state index contributed by atoms with van der Waals surface area (Å²) in [7, 11) is 6.86. The van der Waals surface area contributed by atoms with Crippen molar-refractivity contribution in [1.29, 1.82) is 0 Å². The number of aromatic nitrogens is 8. The molecule has 0 spiro atoms. The van der Waals surface area contributed by atoms with Crippen molar-refractivity contribution in [2.75, 3.05) is 19.6 Å². The molecule has 1 N–H and O–H groups in total. The smallest absolute Gasteiger partial charge is 0.332 e. The van der Waals surface area contributed by atoms with Crippen molar-refractivity contribution in [3.8, 4) is 0 Å². The number of hydrogen-bond donors (Lipinski definition) is 1. The van der Waals surface area contributed by atoms with Crippen molar-refractivity contribution < 1.29 is 14.3 Å². The predicted octanol–water partition coefficient (Wildman–Crippen LogP) is 9.64. The van der Waals surface area contributed by atoms with E-state index in [2.05, 4.69) is 53.1 Å². The summed E-state index contributed by atoms with van der Waals surface area (Å²) in [5.41, 5.74) is 1.90. The Bertz CT molecular complexity index is 2710. The van der Waals surface area contributed by atoms with Gasteiger partial charge in [-0.3, -0.25) is 42.3 Å². The zero-order chi connectivity index (χ0) is 55.2. The summed E-state index contributed by atoms with van der Waals surface area (Å²) in [6.45, 7) is 11.8. The second-order valence-electron chi connectivity index (χ2n) is 21.3. The van der Waals surface area contributed by atoms with Gasteiger partial charge in [-0.05, 0) is 70.5 Å². The number of unbranched alkanes of at least 4 members (excludes halogenated alkanes) is 20. The molecule has 0 saturated carbocycles. The zero-order valence-corrected chi connectivity index (χ0v) is 48.0. The fraction of sp³-hybridized carbons (Fsp3) is 0.695. The number of carbonyl (C=O) groups is 2. The minimum Gasteiger partial charge on any atom is -0.461 e. The molecule has 4 heterocycles. The van der Waals surface area contributed by atoms with E-state index in [0.29, 0.717) is 41.8 Å². The molecule has 2 atom stereocenters. The molecule has 0 fully saturated rings. The minimum atomic E-state index is -0.306. The van der Waals surface area contributed by atoms with E-state index >= 15 is 0 Å². The number of ether oxygens (including phenoxy) is 1. The highest BCUT2D eigenvalue weighted by Crippen LogP contribution is 2.16. The fourth-order valence-corrected chi connectivity index (χ4v) is 10.3. The van der Waals surface area contributed by atoms with Gasteiger partial charge in [0.25, 0.3) is 11.1 Å². The highest BCUT2D eigenvalue weighted by Gasteiger charge is 2.18. The van der Waals surface area contributed by atoms with Gasteiger partial charge in [-0.1, -0.05) is 160 Å². The van der Waals surface area contributed by atoms with E-state index in [0.717, 1.165) is 129 Å². The number of imidazole rings is 2. The number of nitrogens with one attached hydrogen (secondary N) is 1. The van der Waals surface area contributed by atoms with Gasteiger partial charge < -0.3 is 19.2 Å². The number of aryl methyl sites for hydroxylation is 4. The Labute approximate surface area is 452 Å². The van der Waals surface area contributed by atoms with Gasteiger partial charge in [-0.25, -0.2) is 19.6 Å². The van der Waals surface area contributed by atoms with Crippen LogP contribution in [0.5, 0.6) is 0 Å². The van der Waals surface area contributed by atoms with Gasteiger partial charge in [0, 0.05) is 67.2 Å². The number of esters is 1. The normalized spacial score (nSPS) is 12.3. The quantitative estimate of drug-likeness (QED) is 0.0297. The molecular weight excluding hydrogens is 961 g/mol. The Balaban J connectivity index is 0.000000332. The van der Waals surface area contributed by atoms with E-state index in [-0.39, 0.29) is 46.5 Å². The van der Waals surface area contributed by atoms with Crippen LogP contribution in [0.15, 0.2) is 62.2 Å². The van der Waals surface area contributed by atoms with Crippen LogP contribution in [0.3, 0.4) is 0 Å². The van der Waals surface area contributed by atoms with Crippen molar-refractivity contribution in [3.05, 3.63) is 90.2 Å². The van der Waals surface area contributed by atoms with Gasteiger partial charge in [0.2, 0.25) is 5.91 Å². The first-order chi connectivity index (χ1) is 36.7. The van der Waals surface area contributed by atoms with Crippen LogP contribution in [0.4, 0.5) is 0 Å². The van der Waals surface area contributed by atoms with Crippen LogP contribution in [-0.2, 0) is 62.0 Å². The average molecular weight is 1060 g/mol. The lowest BCUT2D eigenvalue weighted by atomic mass is 10.1. The summed E-state index contributed by atoms with van der Waals surface area (Å²) in [6, 6.07) is 10.4. The van der Waals surface area contributed by atoms with Crippen LogP contribution in [0.25, 0.3) is 22.3 Å². The molecule has 76 heavy (non-hydrogen) atoms. The molecule has 17 heteroatoms. The van der Waals surface area contributed by atoms with E-state index in [1.807, 2.05) is 18.2 Å². The number of carbonyl (C=O) groups excluding carboxylic acids is 2. The van der Waals surface area contributed by atoms with E-state index in [9.17, 15) is 28.8 Å². The van der Waals surface area contributed by atoms with E-state index in [1.54, 1.807) is 50.0 Å². The SMILES string of the molecule is CC(Cc1ccccc1)NC(=O)CCCCCCCCCCn1c(=O)c2c(ncn2C)n(C)c1=O.CCCCCCCCCCN(CC)CC(CCCCCCCCCn1c(=O)c2c(ncn2C)n(C)c1=O)OC(C)=O. The topological polar surface area (TPSA) is 182 Å². The number of likely N-dealkylation sites (N-methyl/N-ethyl adjacent to an activating group) is 1. The molecule has 424 valence electrons. The lowest BCUT2D eigenvalue weighted by Gasteiger charge is -2.26. The lowest BCUT2D eigenvalue weighted by molar-refractivity contribution is -0.147. The molecule has 0 saturated heterocycles. The van der Waals surface area contributed by atoms with Gasteiger partial charge in [0.15, 0.2) is 22.3 Å². The Kier molecular flexibility index (Phi) is 29.0. The highest BCUT2D eigenvalue weighted by atomic mass is 16.5. The molecule has 0 aliphatic heterocycles. The predicted molar refractivity (Wildman–Crippen MR) is 307 cm³/mol. The Morgan fingerprint density at radius 2 is 1.05 bits per heavy atom. The zero-order valence-electron chi connectivity index (χ0n) is 48.0. The van der Waals surface area contributed by atoms with Crippen molar-refractivity contribution in [2.24, 2.45) is 28.2 Å². The number of nitrogens with zero attached hydrogens (tertiary/aromatic N) is 9. The highest BCUT2D eigenvalue weighted by molar-refractivity contribution is 5.76. The van der Waals surface area contributed by atoms with Crippen molar-refractivity contribution >= 4 is 34.2 Å². The second-order valence-corrected chi connectivity index (χ2v) is 21.3. The number of amides is 1. The standard InChI is InChI=1S/C32H57N5O4.C27H39N5O3/c1-6-8-9-10-11-14-17-20-23-36(7-2)25-28(41-27(3)38)22-19-16-13-12-15-18-21-24-37-31(39)29-30(33-26-34(29)4)35(5)32(37)40;1-21(19-22-15-11-10-12-16-22)29-23(33)17-13-8-6-4-5-7-9-14-18-32-26(34)24-25(28-20-30(24)2)31(3)27(32)35/h26,28H,6-25H2,1-5H3;10-12,15-16,20-21H,4-9,13-14,17-19H2,1-3H3,(H,29,33). The largest absolute Gasteiger partial charge is 0.461 e. The minimum absolute atomic E-state index is 0.0285. The third kappa shape index (κ3) is 21.1. The summed E-state index contributed by atoms with van der Waals surface area (Å²) in [4.78, 5) is 85.3. The van der Waals surface area contributed by atoms with Crippen LogP contribution in [-0.4, -0.2) is 85.9 Å². The summed E-state index contributed by atoms with van der Waals surface area (Å²) < 4.78 is 14.6. The summed E-state index contributed by atoms with van der Waals surface area (Å²) in [6.07, 6.45) is 31.6. The second kappa shape index (κ2) is 35.0. The maximum absolute atomic E-state index is 12.8. The van der Waals surface area contributed by atoms with Crippen LogP contribution >= 0.6 is 0 Å². The van der Waals surface area contributed by atoms with Crippen LogP contribution in [0.1, 0.15) is 194 Å². The van der Waals surface area contributed by atoms with E-state index in [1.165, 1.54) is 82.1 Å². The van der Waals surface area contributed by atoms with Crippen LogP contribution < -0.4 is 27.8 Å². The maximum Gasteiger partial charge on any atom is 0.332 e. The number of fused-ring (bicyclic) bond motifs is 2. The molecule has 0 aliphatic rings. The molecule has 0 aliphatic carbocycles. The van der Waals surface area contributed by atoms with Gasteiger partial charge in [-0.2, -0.15) is 0 Å². The van der Waals surface area contributed by atoms with Crippen LogP contribution in [0, 0.1) is 0 Å². The van der Waals surface area contributed by atoms with Crippen molar-refractivity contribution in [3.63, 3.8) is 0 Å². The lowest BCUT2D eigenvalue weighted by Crippen LogP contribution is -2.39. The molecule has 0 radical (unpaired) electrons. The van der Waals surface area contributed by atoms with E-state index < -0.39 is 0 Å². The molecule has 5 rings (SSSR count). The fourth-order valence-electron chi connectivity index (χ4n) is 10.3. The number of benzene rings is 1. The monoisotopic (exact) mass is 1060 g/mol. The Hall–Kier alpha value is -5.58. The molecule has 17 nitrogen and oxygen atoms in total. The molecule has 2 unspecified atom stereocenters. The third-order valence-corrected chi connectivity index (χ3v) is 14.7. The summed E-state index contributed by atoms with van der Waals surface area (Å²) >= 11 is 0. The average Bonchev–Trinajstić information content (AvgIpc) is 4.04. The molecule has 0 bridgehead atoms. The van der Waals surface area contributed by atoms with Crippen molar-refractivity contribution in [2.45, 2.75) is 220 Å². The van der Waals surface area contributed by atoms with Crippen LogP contribution in [0.2, 0.25) is 0 Å². The molecule has 1 amide bonds. The molecule has 5 aromatic rings. The summed E-state index contributed by atoms with van der Waals surface area (Å²) in [5, 5.41) is 3.10. The first-order valence-corrected chi connectivity index (χ1v) is 29.1. The van der Waals surface area contributed by atoms with Gasteiger partial charge in [0.1, 0.15) is 6.10 Å². The first kappa shape index (κ1) is 63.0. The molecule has 4 aromatic heterocycles. The van der Waals surface area contributed by atoms with Gasteiger partial charge in [-0.15, -0.1) is 0 Å². The first-order valence-electron chi connectivity index (χ1n) is 29.1. The van der Waals surface area contributed by atoms with E-state index in [4.69, 9.17) is 4.74 Å². The molecule has 1 aromatic carbocycles. The van der Waals surface area contributed by atoms with Crippen molar-refractivity contribution in [1.82, 2.24) is 47.6 Å².